The number of ether oxygens (including phenoxy) is 5. The lowest BCUT2D eigenvalue weighted by Gasteiger charge is -2.36. The quantitative estimate of drug-likeness (QED) is 0.346. The van der Waals surface area contributed by atoms with Crippen molar-refractivity contribution in [1.82, 2.24) is 0 Å². The summed E-state index contributed by atoms with van der Waals surface area (Å²) in [4.78, 5) is 32.0. The first-order valence-electron chi connectivity index (χ1n) is 13.0. The molecule has 0 fully saturated rings. The van der Waals surface area contributed by atoms with Crippen LogP contribution in [0.15, 0.2) is 52.7 Å². The maximum atomic E-state index is 13.8. The summed E-state index contributed by atoms with van der Waals surface area (Å²) >= 11 is 0. The number of methoxy groups -OCH3 is 3. The van der Waals surface area contributed by atoms with Gasteiger partial charge in [-0.2, -0.15) is 0 Å². The molecule has 1 heterocycles. The highest BCUT2D eigenvalue weighted by atomic mass is 16.6. The molecule has 39 heavy (non-hydrogen) atoms. The predicted octanol–water partition coefficient (Wildman–Crippen LogP) is 4.57. The first-order chi connectivity index (χ1) is 18.8. The summed E-state index contributed by atoms with van der Waals surface area (Å²) in [7, 11) is 4.61. The number of hydrogen-bond acceptors (Lipinski definition) is 9. The van der Waals surface area contributed by atoms with Crippen molar-refractivity contribution in [3.05, 3.63) is 58.8 Å². The van der Waals surface area contributed by atoms with Crippen LogP contribution in [-0.2, 0) is 19.1 Å². The minimum atomic E-state index is -0.820. The third kappa shape index (κ3) is 5.78. The van der Waals surface area contributed by atoms with Crippen molar-refractivity contribution in [3.8, 4) is 23.0 Å². The van der Waals surface area contributed by atoms with Gasteiger partial charge in [0.25, 0.3) is 0 Å². The number of benzene rings is 2. The lowest BCUT2D eigenvalue weighted by molar-refractivity contribution is -0.148. The van der Waals surface area contributed by atoms with Gasteiger partial charge in [-0.1, -0.05) is 12.1 Å². The number of carbonyl (C=O) groups excluding carboxylic acids is 2. The Balaban J connectivity index is 1.74. The van der Waals surface area contributed by atoms with Gasteiger partial charge in [0.1, 0.15) is 12.5 Å². The second kappa shape index (κ2) is 12.3. The van der Waals surface area contributed by atoms with E-state index in [1.165, 1.54) is 7.11 Å². The number of Topliss-reactive ketones (excluding diaryl/α,β-unsaturated/α-hetero) is 1. The van der Waals surface area contributed by atoms with Crippen molar-refractivity contribution < 1.29 is 38.4 Å². The van der Waals surface area contributed by atoms with Gasteiger partial charge >= 0.3 is 5.97 Å². The number of phenolic OH excluding ortho intramolecular Hbond substituents is 1. The number of phenols is 1. The minimum Gasteiger partial charge on any atom is -0.504 e. The van der Waals surface area contributed by atoms with Gasteiger partial charge in [-0.3, -0.25) is 14.6 Å². The van der Waals surface area contributed by atoms with Gasteiger partial charge in [0.15, 0.2) is 28.8 Å². The summed E-state index contributed by atoms with van der Waals surface area (Å²) in [5, 5.41) is 10.5. The standard InChI is InChI=1S/C30H35NO8/c1-6-38-11-12-39-30(34)27-17(2)31-21-13-20(18-7-10-25(36-4)26(16-18)37-5)15-23(33)29(21)28(27)19-8-9-24(35-3)22(32)14-19/h7-10,14,16,20,27-28,32H,6,11-13,15H2,1-5H3/t20-,27?,28-/m0/s1. The Morgan fingerprint density at radius 2 is 1.64 bits per heavy atom. The Kier molecular flexibility index (Phi) is 8.91. The van der Waals surface area contributed by atoms with Gasteiger partial charge in [-0.15, -0.1) is 0 Å². The number of allylic oxidation sites excluding steroid dienone is 2. The van der Waals surface area contributed by atoms with Crippen LogP contribution in [0.2, 0.25) is 0 Å². The largest absolute Gasteiger partial charge is 0.504 e. The molecule has 9 nitrogen and oxygen atoms in total. The zero-order chi connectivity index (χ0) is 28.1. The van der Waals surface area contributed by atoms with Crippen molar-refractivity contribution in [2.75, 3.05) is 41.2 Å². The fraction of sp³-hybridized carbons (Fsp3) is 0.433. The molecule has 0 bridgehead atoms. The molecule has 1 aliphatic carbocycles. The zero-order valence-electron chi connectivity index (χ0n) is 23.0. The summed E-state index contributed by atoms with van der Waals surface area (Å²) in [6.07, 6.45) is 0.756. The second-order valence-corrected chi connectivity index (χ2v) is 9.51. The van der Waals surface area contributed by atoms with E-state index in [9.17, 15) is 14.7 Å². The molecule has 3 atom stereocenters. The third-order valence-corrected chi connectivity index (χ3v) is 7.26. The maximum absolute atomic E-state index is 13.8. The van der Waals surface area contributed by atoms with E-state index in [0.29, 0.717) is 52.8 Å². The molecule has 208 valence electrons. The van der Waals surface area contributed by atoms with Crippen LogP contribution in [0.4, 0.5) is 0 Å². The van der Waals surface area contributed by atoms with Gasteiger partial charge < -0.3 is 28.8 Å². The summed E-state index contributed by atoms with van der Waals surface area (Å²) in [5.41, 5.74) is 3.23. The fourth-order valence-electron chi connectivity index (χ4n) is 5.40. The minimum absolute atomic E-state index is 0.0766. The molecule has 0 saturated heterocycles. The SMILES string of the molecule is CCOCCOC(=O)C1C(C)=NC2=C(C(=O)C[C@@H](c3ccc(OC)c(OC)c3)C2)[C@H]1c1ccc(OC)c(O)c1. The summed E-state index contributed by atoms with van der Waals surface area (Å²) in [6, 6.07) is 10.6. The normalized spacial score (nSPS) is 20.7. The van der Waals surface area contributed by atoms with E-state index in [0.717, 1.165) is 5.56 Å². The van der Waals surface area contributed by atoms with Gasteiger partial charge in [-0.05, 0) is 61.6 Å². The number of nitrogens with zero attached hydrogens (tertiary/aromatic N) is 1. The van der Waals surface area contributed by atoms with Gasteiger partial charge in [0.05, 0.1) is 27.9 Å². The molecule has 1 N–H and O–H groups in total. The molecular formula is C30H35NO8. The fourth-order valence-corrected chi connectivity index (χ4v) is 5.40. The number of rotatable bonds is 10. The van der Waals surface area contributed by atoms with Crippen LogP contribution < -0.4 is 14.2 Å². The average Bonchev–Trinajstić information content (AvgIpc) is 2.93. The Morgan fingerprint density at radius 1 is 0.949 bits per heavy atom. The maximum Gasteiger partial charge on any atom is 0.315 e. The van der Waals surface area contributed by atoms with Crippen LogP contribution >= 0.6 is 0 Å². The Hall–Kier alpha value is -3.85. The van der Waals surface area contributed by atoms with E-state index in [1.54, 1.807) is 39.3 Å². The zero-order valence-corrected chi connectivity index (χ0v) is 23.0. The van der Waals surface area contributed by atoms with Crippen molar-refractivity contribution in [3.63, 3.8) is 0 Å². The van der Waals surface area contributed by atoms with E-state index >= 15 is 0 Å². The van der Waals surface area contributed by atoms with E-state index < -0.39 is 17.8 Å². The van der Waals surface area contributed by atoms with Gasteiger partial charge in [-0.25, -0.2) is 0 Å². The first-order valence-corrected chi connectivity index (χ1v) is 13.0. The number of esters is 1. The van der Waals surface area contributed by atoms with Gasteiger partial charge in [0.2, 0.25) is 0 Å². The first kappa shape index (κ1) is 28.2. The summed E-state index contributed by atoms with van der Waals surface area (Å²) in [6.45, 7) is 4.53. The van der Waals surface area contributed by atoms with Crippen LogP contribution in [0.1, 0.15) is 49.7 Å². The van der Waals surface area contributed by atoms with Crippen molar-refractivity contribution in [2.45, 2.75) is 38.5 Å². The Labute approximate surface area is 228 Å². The monoisotopic (exact) mass is 537 g/mol. The average molecular weight is 538 g/mol. The smallest absolute Gasteiger partial charge is 0.315 e. The molecule has 2 aromatic rings. The van der Waals surface area contributed by atoms with E-state index in [1.807, 2.05) is 25.1 Å². The number of carbonyl (C=O) groups is 2. The lowest BCUT2D eigenvalue weighted by Crippen LogP contribution is -2.38. The summed E-state index contributed by atoms with van der Waals surface area (Å²) < 4.78 is 26.9. The molecule has 0 aromatic heterocycles. The molecule has 2 aliphatic rings. The lowest BCUT2D eigenvalue weighted by atomic mass is 9.69. The predicted molar refractivity (Wildman–Crippen MR) is 145 cm³/mol. The van der Waals surface area contributed by atoms with Crippen LogP contribution in [0.5, 0.6) is 23.0 Å². The van der Waals surface area contributed by atoms with Crippen LogP contribution in [0.25, 0.3) is 0 Å². The summed E-state index contributed by atoms with van der Waals surface area (Å²) in [5.74, 6) is -0.760. The van der Waals surface area contributed by atoms with Gasteiger partial charge in [0, 0.05) is 35.9 Å². The molecule has 0 amide bonds. The number of aromatic hydroxyl groups is 1. The van der Waals surface area contributed by atoms with Crippen molar-refractivity contribution >= 4 is 17.5 Å². The highest BCUT2D eigenvalue weighted by molar-refractivity contribution is 6.09. The highest BCUT2D eigenvalue weighted by Gasteiger charge is 2.45. The molecule has 0 saturated carbocycles. The van der Waals surface area contributed by atoms with Crippen LogP contribution in [-0.4, -0.2) is 63.7 Å². The molecule has 0 radical (unpaired) electrons. The molecule has 0 spiro atoms. The van der Waals surface area contributed by atoms with E-state index in [2.05, 4.69) is 0 Å². The molecule has 1 unspecified atom stereocenters. The number of hydrogen-bond donors (Lipinski definition) is 1. The van der Waals surface area contributed by atoms with E-state index in [-0.39, 0.29) is 37.1 Å². The highest BCUT2D eigenvalue weighted by Crippen LogP contribution is 2.48. The molecule has 2 aromatic carbocycles. The Bertz CT molecular complexity index is 1300. The third-order valence-electron chi connectivity index (χ3n) is 7.26. The van der Waals surface area contributed by atoms with Crippen LogP contribution in [0, 0.1) is 5.92 Å². The number of aliphatic imine (C=N–C) groups is 1. The molecular weight excluding hydrogens is 502 g/mol. The second-order valence-electron chi connectivity index (χ2n) is 9.51. The topological polar surface area (TPSA) is 113 Å². The molecule has 1 aliphatic heterocycles. The number of ketones is 1. The van der Waals surface area contributed by atoms with Crippen LogP contribution in [0.3, 0.4) is 0 Å². The van der Waals surface area contributed by atoms with Crippen molar-refractivity contribution in [2.24, 2.45) is 10.9 Å². The molecule has 9 heteroatoms. The Morgan fingerprint density at radius 3 is 2.31 bits per heavy atom. The van der Waals surface area contributed by atoms with E-state index in [4.69, 9.17) is 28.7 Å². The van der Waals surface area contributed by atoms with Crippen molar-refractivity contribution in [1.29, 1.82) is 0 Å². The molecule has 4 rings (SSSR count).